The summed E-state index contributed by atoms with van der Waals surface area (Å²) < 4.78 is 450. The molecule has 0 saturated carbocycles. The molecule has 0 amide bonds. The molecule has 0 aromatic carbocycles. The Balaban J connectivity index is 5.96. The van der Waals surface area contributed by atoms with Gasteiger partial charge in [0.25, 0.3) is 0 Å². The van der Waals surface area contributed by atoms with Gasteiger partial charge in [-0.1, -0.05) is 0 Å². The summed E-state index contributed by atoms with van der Waals surface area (Å²) in [7, 11) is 0. The first-order valence-corrected chi connectivity index (χ1v) is 14.4. The van der Waals surface area contributed by atoms with Crippen molar-refractivity contribution in [1.29, 1.82) is 0 Å². The molecule has 0 fully saturated rings. The van der Waals surface area contributed by atoms with Gasteiger partial charge in [0.1, 0.15) is 0 Å². The minimum absolute atomic E-state index is 0.439. The van der Waals surface area contributed by atoms with Crippen LogP contribution in [0.5, 0.6) is 0 Å². The van der Waals surface area contributed by atoms with Gasteiger partial charge in [0.05, 0.1) is 0 Å². The van der Waals surface area contributed by atoms with Crippen molar-refractivity contribution in [1.82, 2.24) is 0 Å². The molecule has 0 aromatic rings. The van der Waals surface area contributed by atoms with Crippen LogP contribution < -0.4 is 0 Å². The standard InChI is InChI=1S/C22H12F34S/c23-7(24,9(27,28)11(31,32)13(35,36)15(39,40)17(43,44)19(47,48)21(51,52)53)3-1-5-57-6-2-4-8(25,26)10(29,30)12(33,34)14(37,38)16(41,42)18(45,46)20(49,50)22(54,55)56/h1-6H2. The monoisotopic (exact) mass is 954 g/mol. The lowest BCUT2D eigenvalue weighted by Gasteiger charge is -2.42. The van der Waals surface area contributed by atoms with Crippen LogP contribution >= 0.6 is 11.8 Å². The van der Waals surface area contributed by atoms with Gasteiger partial charge in [-0.05, 0) is 24.3 Å². The van der Waals surface area contributed by atoms with Crippen molar-refractivity contribution < 1.29 is 149 Å². The summed E-state index contributed by atoms with van der Waals surface area (Å²) in [5.41, 5.74) is 0. The Bertz CT molecular complexity index is 1260. The van der Waals surface area contributed by atoms with E-state index in [0.717, 1.165) is 0 Å². The molecule has 0 bridgehead atoms. The summed E-state index contributed by atoms with van der Waals surface area (Å²) in [5, 5.41) is 0. The summed E-state index contributed by atoms with van der Waals surface area (Å²) >= 11 is -0.439. The van der Waals surface area contributed by atoms with Crippen LogP contribution in [0.25, 0.3) is 0 Å². The van der Waals surface area contributed by atoms with Crippen LogP contribution in [0.1, 0.15) is 25.7 Å². The maximum atomic E-state index is 13.8. The molecule has 0 aromatic heterocycles. The second-order valence-electron chi connectivity index (χ2n) is 11.1. The molecule has 0 atom stereocenters. The number of thioether (sulfide) groups is 1. The number of hydrogen-bond donors (Lipinski definition) is 0. The van der Waals surface area contributed by atoms with Crippen molar-refractivity contribution in [2.45, 2.75) is 121 Å². The molecule has 0 nitrogen and oxygen atoms in total. The highest BCUT2D eigenvalue weighted by Crippen LogP contribution is 2.66. The predicted octanol–water partition coefficient (Wildman–Crippen LogP) is 13.3. The van der Waals surface area contributed by atoms with E-state index in [1.54, 1.807) is 0 Å². The zero-order valence-electron chi connectivity index (χ0n) is 25.5. The minimum Gasteiger partial charge on any atom is -0.200 e. The van der Waals surface area contributed by atoms with Crippen molar-refractivity contribution in [3.05, 3.63) is 0 Å². The maximum absolute atomic E-state index is 13.8. The fraction of sp³-hybridized carbons (Fsp3) is 1.00. The zero-order chi connectivity index (χ0) is 46.9. The Hall–Kier alpha value is -2.03. The van der Waals surface area contributed by atoms with Crippen LogP contribution in [0.3, 0.4) is 0 Å². The number of alkyl halides is 34. The number of rotatable bonds is 20. The summed E-state index contributed by atoms with van der Waals surface area (Å²) in [6.07, 6.45) is -26.2. The van der Waals surface area contributed by atoms with E-state index in [1.807, 2.05) is 0 Å². The summed E-state index contributed by atoms with van der Waals surface area (Å²) in [6, 6.07) is 0. The third-order valence-corrected chi connectivity index (χ3v) is 8.29. The van der Waals surface area contributed by atoms with Gasteiger partial charge in [0.15, 0.2) is 0 Å². The molecule has 0 saturated heterocycles. The Morgan fingerprint density at radius 3 is 0.544 bits per heavy atom. The van der Waals surface area contributed by atoms with Gasteiger partial charge in [-0.3, -0.25) is 0 Å². The Morgan fingerprint density at radius 1 is 0.211 bits per heavy atom. The minimum atomic E-state index is -8.95. The first-order chi connectivity index (χ1) is 24.2. The van der Waals surface area contributed by atoms with Gasteiger partial charge in [-0.25, -0.2) is 0 Å². The van der Waals surface area contributed by atoms with Crippen molar-refractivity contribution in [2.24, 2.45) is 0 Å². The summed E-state index contributed by atoms with van der Waals surface area (Å²) in [5.74, 6) is -121. The molecule has 35 heteroatoms. The van der Waals surface area contributed by atoms with E-state index in [0.29, 0.717) is 0 Å². The number of hydrogen-bond acceptors (Lipinski definition) is 1. The molecule has 0 unspecified atom stereocenters. The lowest BCUT2D eigenvalue weighted by molar-refractivity contribution is -0.461. The molecule has 57 heavy (non-hydrogen) atoms. The van der Waals surface area contributed by atoms with Gasteiger partial charge in [-0.15, -0.1) is 0 Å². The Kier molecular flexibility index (Phi) is 14.3. The normalized spacial score (nSPS) is 16.7. The van der Waals surface area contributed by atoms with Crippen molar-refractivity contribution in [3.8, 4) is 0 Å². The smallest absolute Gasteiger partial charge is 0.200 e. The van der Waals surface area contributed by atoms with Crippen molar-refractivity contribution in [3.63, 3.8) is 0 Å². The van der Waals surface area contributed by atoms with Gasteiger partial charge in [-0.2, -0.15) is 161 Å². The van der Waals surface area contributed by atoms with E-state index in [-0.39, 0.29) is 0 Å². The SMILES string of the molecule is FC(F)(F)C(F)(F)C(F)(F)C(F)(F)C(F)(F)C(F)(F)C(F)(F)C(F)(F)CCCSCCCC(F)(F)C(F)(F)C(F)(F)C(F)(F)C(F)(F)C(F)(F)C(F)(F)C(F)(F)F. The molecule has 0 aliphatic rings. The second kappa shape index (κ2) is 14.9. The van der Waals surface area contributed by atoms with Crippen LogP contribution in [0.2, 0.25) is 0 Å². The average molecular weight is 954 g/mol. The molecule has 0 rings (SSSR count). The summed E-state index contributed by atoms with van der Waals surface area (Å²) in [6.45, 7) is 0. The maximum Gasteiger partial charge on any atom is 0.460 e. The Morgan fingerprint density at radius 2 is 0.368 bits per heavy atom. The third kappa shape index (κ3) is 7.88. The lowest BCUT2D eigenvalue weighted by Crippen LogP contribution is -2.74. The first kappa shape index (κ1) is 55.0. The van der Waals surface area contributed by atoms with Gasteiger partial charge < -0.3 is 0 Å². The quantitative estimate of drug-likeness (QED) is 0.0866. The van der Waals surface area contributed by atoms with Crippen LogP contribution in [0.4, 0.5) is 149 Å². The first-order valence-electron chi connectivity index (χ1n) is 13.2. The lowest BCUT2D eigenvalue weighted by atomic mass is 9.88. The van der Waals surface area contributed by atoms with Crippen molar-refractivity contribution in [2.75, 3.05) is 11.5 Å². The predicted molar refractivity (Wildman–Crippen MR) is 117 cm³/mol. The van der Waals surface area contributed by atoms with Crippen molar-refractivity contribution >= 4 is 11.8 Å². The van der Waals surface area contributed by atoms with Crippen LogP contribution in [0.15, 0.2) is 0 Å². The van der Waals surface area contributed by atoms with Gasteiger partial charge in [0.2, 0.25) is 0 Å². The van der Waals surface area contributed by atoms with Crippen LogP contribution in [-0.4, -0.2) is 107 Å². The van der Waals surface area contributed by atoms with E-state index in [9.17, 15) is 149 Å². The molecule has 344 valence electrons. The fourth-order valence-corrected chi connectivity index (χ4v) is 4.50. The fourth-order valence-electron chi connectivity index (χ4n) is 3.60. The van der Waals surface area contributed by atoms with E-state index < -0.39 is 144 Å². The van der Waals surface area contributed by atoms with Crippen LogP contribution in [0, 0.1) is 0 Å². The highest BCUT2D eigenvalue weighted by atomic mass is 32.2. The topological polar surface area (TPSA) is 0 Å². The van der Waals surface area contributed by atoms with Gasteiger partial charge in [0, 0.05) is 12.8 Å². The zero-order valence-corrected chi connectivity index (χ0v) is 26.3. The molecule has 0 radical (unpaired) electrons. The van der Waals surface area contributed by atoms with Crippen LogP contribution in [-0.2, 0) is 0 Å². The van der Waals surface area contributed by atoms with E-state index >= 15 is 0 Å². The van der Waals surface area contributed by atoms with E-state index in [4.69, 9.17) is 0 Å². The molecular weight excluding hydrogens is 942 g/mol. The molecule has 0 aliphatic carbocycles. The molecule has 0 spiro atoms. The molecule has 0 heterocycles. The summed E-state index contributed by atoms with van der Waals surface area (Å²) in [4.78, 5) is 0. The largest absolute Gasteiger partial charge is 0.460 e. The highest BCUT2D eigenvalue weighted by molar-refractivity contribution is 7.99. The van der Waals surface area contributed by atoms with E-state index in [2.05, 4.69) is 0 Å². The van der Waals surface area contributed by atoms with E-state index in [1.165, 1.54) is 0 Å². The molecule has 0 N–H and O–H groups in total. The number of halogens is 34. The average Bonchev–Trinajstić information content (AvgIpc) is 2.98. The van der Waals surface area contributed by atoms with Gasteiger partial charge >= 0.3 is 95.3 Å². The molecular formula is C22H12F34S. The molecule has 0 aliphatic heterocycles. The second-order valence-corrected chi connectivity index (χ2v) is 12.3. The highest BCUT2D eigenvalue weighted by Gasteiger charge is 2.96. The third-order valence-electron chi connectivity index (χ3n) is 7.13. The Labute approximate surface area is 294 Å².